The number of para-hydroxylation sites is 1. The number of methoxy groups -OCH3 is 1. The Balaban J connectivity index is 0.00000176. The number of ether oxygens (including phenoxy) is 1. The van der Waals surface area contributed by atoms with Crippen molar-refractivity contribution >= 4 is 10.9 Å². The third kappa shape index (κ3) is 3.41. The molecule has 0 bridgehead atoms. The van der Waals surface area contributed by atoms with Gasteiger partial charge in [-0.3, -0.25) is 0 Å². The monoisotopic (exact) mass is 295 g/mol. The second kappa shape index (κ2) is 7.65. The van der Waals surface area contributed by atoms with Gasteiger partial charge in [0.2, 0.25) is 0 Å². The van der Waals surface area contributed by atoms with Gasteiger partial charge in [0.05, 0.1) is 5.52 Å². The van der Waals surface area contributed by atoms with Crippen LogP contribution in [0.5, 0.6) is 0 Å². The summed E-state index contributed by atoms with van der Waals surface area (Å²) in [6.45, 7) is 4.03. The van der Waals surface area contributed by atoms with Crippen molar-refractivity contribution in [2.75, 3.05) is 40.3 Å². The summed E-state index contributed by atoms with van der Waals surface area (Å²) < 4.78 is 7.23. The molecular formula is C16H22LiN3O2. The zero-order valence-electron chi connectivity index (χ0n) is 13.7. The fourth-order valence-corrected chi connectivity index (χ4v) is 2.97. The Labute approximate surface area is 143 Å². The molecule has 6 heteroatoms. The van der Waals surface area contributed by atoms with Gasteiger partial charge >= 0.3 is 18.9 Å². The molecule has 1 unspecified atom stereocenters. The van der Waals surface area contributed by atoms with Gasteiger partial charge in [-0.05, 0) is 24.9 Å². The first-order chi connectivity index (χ1) is 10.2. The summed E-state index contributed by atoms with van der Waals surface area (Å²) in [5.74, 6) is 0. The molecule has 1 aliphatic heterocycles. The average Bonchev–Trinajstić information content (AvgIpc) is 2.87. The maximum atomic E-state index is 12.9. The maximum Gasteiger partial charge on any atom is 1.00 e. The Morgan fingerprint density at radius 1 is 1.18 bits per heavy atom. The zero-order chi connectivity index (χ0) is 14.8. The molecule has 1 aromatic carbocycles. The Hall–Kier alpha value is -0.803. The van der Waals surface area contributed by atoms with Crippen LogP contribution < -0.4 is 24.0 Å². The van der Waals surface area contributed by atoms with Gasteiger partial charge in [-0.25, -0.2) is 0 Å². The van der Waals surface area contributed by atoms with E-state index < -0.39 is 6.23 Å². The summed E-state index contributed by atoms with van der Waals surface area (Å²) in [6, 6.07) is 8.04. The summed E-state index contributed by atoms with van der Waals surface area (Å²) in [5, 5.41) is 13.9. The molecule has 1 aromatic heterocycles. The maximum absolute atomic E-state index is 12.9. The fourth-order valence-electron chi connectivity index (χ4n) is 2.97. The predicted molar refractivity (Wildman–Crippen MR) is 80.8 cm³/mol. The molecule has 0 radical (unpaired) electrons. The van der Waals surface area contributed by atoms with E-state index in [4.69, 9.17) is 4.74 Å². The molecule has 22 heavy (non-hydrogen) atoms. The van der Waals surface area contributed by atoms with Crippen molar-refractivity contribution in [1.82, 2.24) is 14.4 Å². The standard InChI is InChI=1S/C16H22N3O2.Li/c1-17-7-9-18(10-8-17)16(20)14-11-19(12-21-2)15-6-4-3-5-13(14)15;/h3-6,11,16H,7-10,12H2,1-2H3;/q-1;+1. The van der Waals surface area contributed by atoms with Crippen LogP contribution in [0.2, 0.25) is 0 Å². The van der Waals surface area contributed by atoms with E-state index in [0.717, 1.165) is 42.6 Å². The molecule has 0 spiro atoms. The molecule has 114 valence electrons. The number of aromatic nitrogens is 1. The SMILES string of the molecule is COCn1cc(C([O-])N2CCN(C)CC2)c2ccccc21.[Li+]. The van der Waals surface area contributed by atoms with E-state index in [1.807, 2.05) is 39.9 Å². The van der Waals surface area contributed by atoms with Crippen LogP contribution in [0, 0.1) is 0 Å². The van der Waals surface area contributed by atoms with Crippen molar-refractivity contribution in [1.29, 1.82) is 0 Å². The molecule has 0 aliphatic carbocycles. The number of rotatable bonds is 4. The van der Waals surface area contributed by atoms with Crippen LogP contribution in [0.3, 0.4) is 0 Å². The molecule has 0 saturated carbocycles. The molecule has 3 rings (SSSR count). The van der Waals surface area contributed by atoms with Gasteiger partial charge < -0.3 is 24.2 Å². The summed E-state index contributed by atoms with van der Waals surface area (Å²) in [4.78, 5) is 4.29. The van der Waals surface area contributed by atoms with Crippen molar-refractivity contribution in [2.24, 2.45) is 0 Å². The average molecular weight is 295 g/mol. The van der Waals surface area contributed by atoms with Gasteiger partial charge in [0, 0.05) is 44.9 Å². The number of hydrogen-bond acceptors (Lipinski definition) is 4. The third-order valence-electron chi connectivity index (χ3n) is 4.22. The normalized spacial score (nSPS) is 18.3. The Bertz CT molecular complexity index is 608. The van der Waals surface area contributed by atoms with Crippen LogP contribution >= 0.6 is 0 Å². The van der Waals surface area contributed by atoms with Crippen LogP contribution in [0.25, 0.3) is 10.9 Å². The molecule has 2 heterocycles. The van der Waals surface area contributed by atoms with Crippen molar-refractivity contribution in [3.05, 3.63) is 36.0 Å². The molecule has 0 N–H and O–H groups in total. The van der Waals surface area contributed by atoms with E-state index in [0.29, 0.717) is 6.73 Å². The first-order valence-electron chi connectivity index (χ1n) is 7.36. The zero-order valence-corrected chi connectivity index (χ0v) is 13.7. The summed E-state index contributed by atoms with van der Waals surface area (Å²) >= 11 is 0. The van der Waals surface area contributed by atoms with Crippen LogP contribution in [-0.2, 0) is 11.5 Å². The molecule has 0 amide bonds. The van der Waals surface area contributed by atoms with Gasteiger partial charge in [0.1, 0.15) is 6.73 Å². The van der Waals surface area contributed by atoms with Crippen LogP contribution in [-0.4, -0.2) is 54.7 Å². The van der Waals surface area contributed by atoms with Gasteiger partial charge in [0.15, 0.2) is 0 Å². The van der Waals surface area contributed by atoms with E-state index in [-0.39, 0.29) is 18.9 Å². The number of fused-ring (bicyclic) bond motifs is 1. The minimum absolute atomic E-state index is 0. The second-order valence-electron chi connectivity index (χ2n) is 5.68. The van der Waals surface area contributed by atoms with Gasteiger partial charge in [-0.15, -0.1) is 0 Å². The first-order valence-corrected chi connectivity index (χ1v) is 7.36. The minimum Gasteiger partial charge on any atom is -0.837 e. The molecule has 1 saturated heterocycles. The number of nitrogens with zero attached hydrogens (tertiary/aromatic N) is 3. The minimum atomic E-state index is -0.804. The number of hydrogen-bond donors (Lipinski definition) is 0. The second-order valence-corrected chi connectivity index (χ2v) is 5.68. The Kier molecular flexibility index (Phi) is 6.10. The number of benzene rings is 1. The largest absolute Gasteiger partial charge is 1.00 e. The Morgan fingerprint density at radius 2 is 1.86 bits per heavy atom. The summed E-state index contributed by atoms with van der Waals surface area (Å²) in [7, 11) is 3.77. The topological polar surface area (TPSA) is 43.7 Å². The van der Waals surface area contributed by atoms with Crippen LogP contribution in [0.15, 0.2) is 30.5 Å². The van der Waals surface area contributed by atoms with Crippen molar-refractivity contribution in [2.45, 2.75) is 13.0 Å². The molecule has 1 fully saturated rings. The number of likely N-dealkylation sites (N-methyl/N-ethyl adjacent to an activating group) is 1. The smallest absolute Gasteiger partial charge is 0.837 e. The molecule has 2 aromatic rings. The summed E-state index contributed by atoms with van der Waals surface area (Å²) in [5.41, 5.74) is 1.91. The first kappa shape index (κ1) is 17.5. The van der Waals surface area contributed by atoms with E-state index >= 15 is 0 Å². The fraction of sp³-hybridized carbons (Fsp3) is 0.500. The van der Waals surface area contributed by atoms with Gasteiger partial charge in [-0.2, -0.15) is 0 Å². The molecule has 1 aliphatic rings. The van der Waals surface area contributed by atoms with Crippen LogP contribution in [0.4, 0.5) is 0 Å². The molecule has 1 atom stereocenters. The predicted octanol–water partition coefficient (Wildman–Crippen LogP) is -2.14. The summed E-state index contributed by atoms with van der Waals surface area (Å²) in [6.07, 6.45) is 1.14. The number of piperazine rings is 1. The van der Waals surface area contributed by atoms with Crippen molar-refractivity contribution < 1.29 is 28.7 Å². The third-order valence-corrected chi connectivity index (χ3v) is 4.22. The van der Waals surface area contributed by atoms with E-state index in [1.54, 1.807) is 7.11 Å². The molecule has 5 nitrogen and oxygen atoms in total. The van der Waals surface area contributed by atoms with Gasteiger partial charge in [0.25, 0.3) is 0 Å². The van der Waals surface area contributed by atoms with Gasteiger partial charge in [-0.1, -0.05) is 18.2 Å². The van der Waals surface area contributed by atoms with Crippen molar-refractivity contribution in [3.8, 4) is 0 Å². The van der Waals surface area contributed by atoms with E-state index in [9.17, 15) is 5.11 Å². The van der Waals surface area contributed by atoms with Crippen molar-refractivity contribution in [3.63, 3.8) is 0 Å². The quantitative estimate of drug-likeness (QED) is 0.604. The van der Waals surface area contributed by atoms with E-state index in [1.165, 1.54) is 0 Å². The van der Waals surface area contributed by atoms with Crippen LogP contribution in [0.1, 0.15) is 11.8 Å². The Morgan fingerprint density at radius 3 is 2.55 bits per heavy atom. The van der Waals surface area contributed by atoms with E-state index in [2.05, 4.69) is 11.9 Å². The molecular weight excluding hydrogens is 273 g/mol.